The van der Waals surface area contributed by atoms with Crippen LogP contribution in [0.4, 0.5) is 0 Å². The van der Waals surface area contributed by atoms with Crippen molar-refractivity contribution in [3.63, 3.8) is 0 Å². The van der Waals surface area contributed by atoms with Crippen molar-refractivity contribution in [2.24, 2.45) is 9.98 Å². The molecule has 0 aliphatic carbocycles. The van der Waals surface area contributed by atoms with Crippen LogP contribution in [-0.4, -0.2) is 18.9 Å². The quantitative estimate of drug-likeness (QED) is 0.342. The molecule has 0 aliphatic rings. The molecule has 10 heavy (non-hydrogen) atoms. The van der Waals surface area contributed by atoms with E-state index < -0.39 is 0 Å². The molecule has 0 aliphatic heterocycles. The third-order valence-corrected chi connectivity index (χ3v) is 1.55. The first-order valence-corrected chi connectivity index (χ1v) is 3.46. The molecule has 0 atom stereocenters. The predicted molar refractivity (Wildman–Crippen MR) is 47.1 cm³/mol. The summed E-state index contributed by atoms with van der Waals surface area (Å²) in [4.78, 5) is 7.43. The SMILES string of the molecule is C=NC=N/C(C)=C(/C)CCl. The molecular weight excluding hydrogens is 148 g/mol. The Kier molecular flexibility index (Phi) is 4.85. The van der Waals surface area contributed by atoms with Gasteiger partial charge in [-0.25, -0.2) is 4.99 Å². The molecule has 0 saturated carbocycles. The van der Waals surface area contributed by atoms with Gasteiger partial charge in [-0.2, -0.15) is 0 Å². The fourth-order valence-corrected chi connectivity index (χ4v) is 0.528. The Morgan fingerprint density at radius 1 is 1.60 bits per heavy atom. The number of halogens is 1. The maximum absolute atomic E-state index is 5.55. The summed E-state index contributed by atoms with van der Waals surface area (Å²) in [5.41, 5.74) is 1.96. The van der Waals surface area contributed by atoms with Crippen LogP contribution in [0.1, 0.15) is 13.8 Å². The van der Waals surface area contributed by atoms with Gasteiger partial charge in [0.25, 0.3) is 0 Å². The van der Waals surface area contributed by atoms with Crippen LogP contribution in [0.2, 0.25) is 0 Å². The molecule has 0 bridgehead atoms. The fraction of sp³-hybridized carbons (Fsp3) is 0.429. The highest BCUT2D eigenvalue weighted by molar-refractivity contribution is 6.19. The van der Waals surface area contributed by atoms with Crippen LogP contribution in [0.25, 0.3) is 0 Å². The standard InChI is InChI=1S/C7H11ClN2/c1-6(4-8)7(2)10-5-9-3/h5H,3-4H2,1-2H3/b7-6-,10-5?. The van der Waals surface area contributed by atoms with Crippen molar-refractivity contribution in [2.75, 3.05) is 5.88 Å². The minimum Gasteiger partial charge on any atom is -0.253 e. The Bertz CT molecular complexity index is 170. The summed E-state index contributed by atoms with van der Waals surface area (Å²) in [5.74, 6) is 0.514. The highest BCUT2D eigenvalue weighted by Crippen LogP contribution is 2.05. The Morgan fingerprint density at radius 2 is 2.20 bits per heavy atom. The number of aliphatic imine (C=N–C) groups is 2. The summed E-state index contributed by atoms with van der Waals surface area (Å²) in [5, 5.41) is 0. The van der Waals surface area contributed by atoms with Crippen molar-refractivity contribution < 1.29 is 0 Å². The van der Waals surface area contributed by atoms with Crippen molar-refractivity contribution in [2.45, 2.75) is 13.8 Å². The highest BCUT2D eigenvalue weighted by atomic mass is 35.5. The molecule has 0 aromatic rings. The molecule has 0 saturated heterocycles. The maximum atomic E-state index is 5.55. The molecule has 0 aromatic carbocycles. The molecule has 56 valence electrons. The van der Waals surface area contributed by atoms with Gasteiger partial charge in [-0.3, -0.25) is 4.99 Å². The highest BCUT2D eigenvalue weighted by Gasteiger charge is 1.89. The Hall–Kier alpha value is -0.630. The number of nitrogens with zero attached hydrogens (tertiary/aromatic N) is 2. The average molecular weight is 159 g/mol. The van der Waals surface area contributed by atoms with Gasteiger partial charge in [0, 0.05) is 11.6 Å². The summed E-state index contributed by atoms with van der Waals surface area (Å²) in [6.45, 7) is 7.08. The lowest BCUT2D eigenvalue weighted by Gasteiger charge is -1.95. The second-order valence-corrected chi connectivity index (χ2v) is 2.19. The second kappa shape index (κ2) is 5.18. The zero-order valence-electron chi connectivity index (χ0n) is 6.26. The van der Waals surface area contributed by atoms with Crippen LogP contribution in [0.3, 0.4) is 0 Å². The summed E-state index contributed by atoms with van der Waals surface area (Å²) in [6, 6.07) is 0. The minimum absolute atomic E-state index is 0.514. The van der Waals surface area contributed by atoms with Crippen molar-refractivity contribution in [1.29, 1.82) is 0 Å². The Balaban J connectivity index is 4.17. The van der Waals surface area contributed by atoms with Gasteiger partial charge in [0.2, 0.25) is 0 Å². The number of hydrogen-bond donors (Lipinski definition) is 0. The summed E-state index contributed by atoms with van der Waals surface area (Å²) in [6.07, 6.45) is 1.41. The zero-order valence-corrected chi connectivity index (χ0v) is 7.02. The third kappa shape index (κ3) is 3.41. The van der Waals surface area contributed by atoms with E-state index >= 15 is 0 Å². The van der Waals surface area contributed by atoms with Crippen LogP contribution in [0.5, 0.6) is 0 Å². The minimum atomic E-state index is 0.514. The van der Waals surface area contributed by atoms with Crippen LogP contribution in [0, 0.1) is 0 Å². The molecular formula is C7H11ClN2. The van der Waals surface area contributed by atoms with E-state index in [1.165, 1.54) is 6.34 Å². The summed E-state index contributed by atoms with van der Waals surface area (Å²) < 4.78 is 0. The van der Waals surface area contributed by atoms with Crippen LogP contribution in [-0.2, 0) is 0 Å². The molecule has 2 nitrogen and oxygen atoms in total. The predicted octanol–water partition coefficient (Wildman–Crippen LogP) is 2.25. The third-order valence-electron chi connectivity index (χ3n) is 1.15. The first-order valence-electron chi connectivity index (χ1n) is 2.93. The lowest BCUT2D eigenvalue weighted by atomic mass is 10.3. The molecule has 0 aromatic heterocycles. The number of allylic oxidation sites excluding steroid dienone is 2. The van der Waals surface area contributed by atoms with Crippen LogP contribution in [0.15, 0.2) is 21.3 Å². The Morgan fingerprint density at radius 3 is 2.60 bits per heavy atom. The molecule has 0 N–H and O–H groups in total. The van der Waals surface area contributed by atoms with E-state index in [1.54, 1.807) is 0 Å². The normalized spacial score (nSPS) is 13.5. The van der Waals surface area contributed by atoms with E-state index in [2.05, 4.69) is 16.7 Å². The van der Waals surface area contributed by atoms with Crippen molar-refractivity contribution in [3.05, 3.63) is 11.3 Å². The topological polar surface area (TPSA) is 24.7 Å². The molecule has 0 amide bonds. The number of alkyl halides is 1. The zero-order chi connectivity index (χ0) is 7.98. The first kappa shape index (κ1) is 9.37. The molecule has 0 spiro atoms. The van der Waals surface area contributed by atoms with Gasteiger partial charge in [0.15, 0.2) is 0 Å². The molecule has 0 heterocycles. The second-order valence-electron chi connectivity index (χ2n) is 1.93. The van der Waals surface area contributed by atoms with Gasteiger partial charge in [-0.1, -0.05) is 0 Å². The van der Waals surface area contributed by atoms with Crippen LogP contribution >= 0.6 is 11.6 Å². The molecule has 0 fully saturated rings. The molecule has 0 unspecified atom stereocenters. The van der Waals surface area contributed by atoms with E-state index in [1.807, 2.05) is 13.8 Å². The van der Waals surface area contributed by atoms with Crippen LogP contribution < -0.4 is 0 Å². The number of hydrogen-bond acceptors (Lipinski definition) is 1. The van der Waals surface area contributed by atoms with Gasteiger partial charge < -0.3 is 0 Å². The van der Waals surface area contributed by atoms with E-state index in [0.29, 0.717) is 5.88 Å². The van der Waals surface area contributed by atoms with Crippen molar-refractivity contribution >= 4 is 24.7 Å². The van der Waals surface area contributed by atoms with E-state index in [0.717, 1.165) is 11.3 Å². The first-order chi connectivity index (χ1) is 4.72. The number of rotatable bonds is 3. The summed E-state index contributed by atoms with van der Waals surface area (Å²) >= 11 is 5.55. The van der Waals surface area contributed by atoms with Crippen molar-refractivity contribution in [3.8, 4) is 0 Å². The van der Waals surface area contributed by atoms with Gasteiger partial charge in [-0.15, -0.1) is 11.6 Å². The Labute approximate surface area is 66.3 Å². The van der Waals surface area contributed by atoms with E-state index in [4.69, 9.17) is 11.6 Å². The van der Waals surface area contributed by atoms with Gasteiger partial charge in [-0.05, 0) is 26.1 Å². The molecule has 3 heteroatoms. The molecule has 0 radical (unpaired) electrons. The smallest absolute Gasteiger partial charge is 0.114 e. The lowest BCUT2D eigenvalue weighted by molar-refractivity contribution is 1.19. The van der Waals surface area contributed by atoms with Gasteiger partial charge in [0.1, 0.15) is 6.34 Å². The van der Waals surface area contributed by atoms with E-state index in [-0.39, 0.29) is 0 Å². The van der Waals surface area contributed by atoms with Gasteiger partial charge in [0.05, 0.1) is 0 Å². The van der Waals surface area contributed by atoms with Gasteiger partial charge >= 0.3 is 0 Å². The monoisotopic (exact) mass is 158 g/mol. The summed E-state index contributed by atoms with van der Waals surface area (Å²) in [7, 11) is 0. The van der Waals surface area contributed by atoms with Crippen molar-refractivity contribution in [1.82, 2.24) is 0 Å². The van der Waals surface area contributed by atoms with E-state index in [9.17, 15) is 0 Å². The maximum Gasteiger partial charge on any atom is 0.114 e. The largest absolute Gasteiger partial charge is 0.253 e. The lowest BCUT2D eigenvalue weighted by Crippen LogP contribution is -1.82. The average Bonchev–Trinajstić information content (AvgIpc) is 1.98. The molecule has 0 rings (SSSR count). The fourth-order valence-electron chi connectivity index (χ4n) is 0.334.